The lowest BCUT2D eigenvalue weighted by molar-refractivity contribution is 0.511. The van der Waals surface area contributed by atoms with E-state index in [1.807, 2.05) is 11.9 Å². The highest BCUT2D eigenvalue weighted by Crippen LogP contribution is 2.36. The van der Waals surface area contributed by atoms with Gasteiger partial charge in [-0.25, -0.2) is 4.40 Å². The Labute approximate surface area is 81.9 Å². The summed E-state index contributed by atoms with van der Waals surface area (Å²) in [7, 11) is 0.894. The third kappa shape index (κ3) is 6.29. The van der Waals surface area contributed by atoms with E-state index in [1.54, 1.807) is 0 Å². The monoisotopic (exact) mass is 202 g/mol. The number of hydrogen-bond acceptors (Lipinski definition) is 2. The van der Waals surface area contributed by atoms with Gasteiger partial charge in [0.1, 0.15) is 0 Å². The summed E-state index contributed by atoms with van der Waals surface area (Å²) in [6.07, 6.45) is 6.68. The normalized spacial score (nSPS) is 13.6. The first kappa shape index (κ1) is 12.1. The van der Waals surface area contributed by atoms with E-state index in [0.717, 1.165) is 0 Å². The molecule has 0 aliphatic rings. The quantitative estimate of drug-likeness (QED) is 0.542. The van der Waals surface area contributed by atoms with Crippen LogP contribution in [0, 0.1) is 11.3 Å². The van der Waals surface area contributed by atoms with Gasteiger partial charge in [-0.3, -0.25) is 0 Å². The van der Waals surface area contributed by atoms with Gasteiger partial charge in [0.05, 0.1) is 12.5 Å². The Morgan fingerprint density at radius 3 is 2.46 bits per heavy atom. The fourth-order valence-corrected chi connectivity index (χ4v) is 1.38. The van der Waals surface area contributed by atoms with Gasteiger partial charge in [-0.05, 0) is 18.8 Å². The average molecular weight is 202 g/mol. The Hall–Kier alpha value is -0.890. The van der Waals surface area contributed by atoms with Crippen LogP contribution < -0.4 is 5.73 Å². The van der Waals surface area contributed by atoms with E-state index in [0.29, 0.717) is 18.9 Å². The summed E-state index contributed by atoms with van der Waals surface area (Å²) in [6, 6.07) is 2.07. The summed E-state index contributed by atoms with van der Waals surface area (Å²) in [4.78, 5) is 1.81. The van der Waals surface area contributed by atoms with Gasteiger partial charge in [-0.1, -0.05) is 0 Å². The van der Waals surface area contributed by atoms with Crippen molar-refractivity contribution < 1.29 is 0 Å². The molecule has 0 aromatic rings. The van der Waals surface area contributed by atoms with Crippen molar-refractivity contribution in [1.82, 2.24) is 4.90 Å². The van der Waals surface area contributed by atoms with Crippen LogP contribution in [-0.4, -0.2) is 43.2 Å². The maximum absolute atomic E-state index is 8.38. The van der Waals surface area contributed by atoms with Crippen molar-refractivity contribution in [3.8, 4) is 6.07 Å². The fourth-order valence-electron chi connectivity index (χ4n) is 0.683. The summed E-state index contributed by atoms with van der Waals surface area (Å²) >= 11 is 0. The lowest BCUT2D eigenvalue weighted by Gasteiger charge is -2.23. The van der Waals surface area contributed by atoms with E-state index < -0.39 is 10.2 Å². The Morgan fingerprint density at radius 1 is 1.54 bits per heavy atom. The molecule has 0 aliphatic carbocycles. The predicted molar refractivity (Wildman–Crippen MR) is 59.8 cm³/mol. The summed E-state index contributed by atoms with van der Waals surface area (Å²) in [5, 5.41) is 8.38. The van der Waals surface area contributed by atoms with E-state index in [9.17, 15) is 0 Å². The minimum absolute atomic E-state index is 0.478. The lowest BCUT2D eigenvalue weighted by Crippen LogP contribution is -2.34. The number of nitriles is 1. The molecule has 5 heteroatoms. The second-order valence-electron chi connectivity index (χ2n) is 3.55. The summed E-state index contributed by atoms with van der Waals surface area (Å²) in [5.41, 5.74) is 5.73. The minimum atomic E-state index is -0.955. The second-order valence-corrected chi connectivity index (χ2v) is 7.28. The van der Waals surface area contributed by atoms with E-state index in [2.05, 4.69) is 29.2 Å². The van der Waals surface area contributed by atoms with Crippen molar-refractivity contribution >= 4 is 16.2 Å². The fraction of sp³-hybridized carbons (Fsp3) is 0.750. The molecular weight excluding hydrogens is 184 g/mol. The van der Waals surface area contributed by atoms with Gasteiger partial charge in [0.2, 0.25) is 5.96 Å². The van der Waals surface area contributed by atoms with Crippen molar-refractivity contribution in [2.75, 3.05) is 32.4 Å². The van der Waals surface area contributed by atoms with Gasteiger partial charge in [0.15, 0.2) is 0 Å². The molecule has 0 spiro atoms. The van der Waals surface area contributed by atoms with Crippen molar-refractivity contribution in [3.63, 3.8) is 0 Å². The first-order valence-corrected chi connectivity index (χ1v) is 6.80. The van der Waals surface area contributed by atoms with Crippen LogP contribution >= 0.6 is 10.2 Å². The maximum atomic E-state index is 8.38. The van der Waals surface area contributed by atoms with Crippen LogP contribution in [0.15, 0.2) is 4.40 Å². The van der Waals surface area contributed by atoms with Gasteiger partial charge < -0.3 is 10.6 Å². The summed E-state index contributed by atoms with van der Waals surface area (Å²) in [6.45, 7) is 0.640. The molecule has 0 radical (unpaired) electrons. The molecule has 2 N–H and O–H groups in total. The molecule has 0 atom stereocenters. The zero-order valence-corrected chi connectivity index (χ0v) is 9.56. The summed E-state index contributed by atoms with van der Waals surface area (Å²) < 4.78 is 4.36. The molecule has 0 amide bonds. The molecule has 0 heterocycles. The molecule has 0 aliphatic heterocycles. The molecule has 0 fully saturated rings. The molecule has 4 nitrogen and oxygen atoms in total. The van der Waals surface area contributed by atoms with Crippen LogP contribution in [0.1, 0.15) is 6.42 Å². The molecule has 0 bridgehead atoms. The highest BCUT2D eigenvalue weighted by atomic mass is 32.3. The summed E-state index contributed by atoms with van der Waals surface area (Å²) in [5.74, 6) is 0.526. The van der Waals surface area contributed by atoms with E-state index in [4.69, 9.17) is 11.0 Å². The molecule has 0 unspecified atom stereocenters. The van der Waals surface area contributed by atoms with Gasteiger partial charge in [0.25, 0.3) is 0 Å². The third-order valence-corrected chi connectivity index (χ3v) is 2.05. The minimum Gasteiger partial charge on any atom is -0.369 e. The smallest absolute Gasteiger partial charge is 0.201 e. The van der Waals surface area contributed by atoms with Gasteiger partial charge in [0, 0.05) is 13.6 Å². The standard InChI is InChI=1S/C8H18N4S/c1-12(7-5-6-9)8(10)11-13(2,3)4/h5,7H2,1-4H3,(H2,10,11). The van der Waals surface area contributed by atoms with Crippen LogP contribution in [0.25, 0.3) is 0 Å². The topological polar surface area (TPSA) is 65.4 Å². The first-order chi connectivity index (χ1) is 5.87. The van der Waals surface area contributed by atoms with Crippen molar-refractivity contribution in [1.29, 1.82) is 5.26 Å². The Kier molecular flexibility index (Phi) is 4.63. The van der Waals surface area contributed by atoms with Crippen LogP contribution in [0.4, 0.5) is 0 Å². The van der Waals surface area contributed by atoms with E-state index >= 15 is 0 Å². The van der Waals surface area contributed by atoms with Crippen LogP contribution in [-0.2, 0) is 0 Å². The largest absolute Gasteiger partial charge is 0.369 e. The van der Waals surface area contributed by atoms with Gasteiger partial charge >= 0.3 is 0 Å². The van der Waals surface area contributed by atoms with Gasteiger partial charge in [-0.2, -0.15) is 15.5 Å². The second kappa shape index (κ2) is 4.97. The SMILES string of the molecule is CN(CCC#N)C(N)=NS(C)(C)C. The van der Waals surface area contributed by atoms with Crippen molar-refractivity contribution in [2.24, 2.45) is 10.1 Å². The molecular formula is C8H18N4S. The highest BCUT2D eigenvalue weighted by Gasteiger charge is 2.05. The molecule has 0 saturated heterocycles. The molecule has 0 aromatic heterocycles. The van der Waals surface area contributed by atoms with E-state index in [1.165, 1.54) is 0 Å². The van der Waals surface area contributed by atoms with Crippen molar-refractivity contribution in [2.45, 2.75) is 6.42 Å². The average Bonchev–Trinajstić information content (AvgIpc) is 1.96. The molecule has 0 rings (SSSR count). The maximum Gasteiger partial charge on any atom is 0.201 e. The van der Waals surface area contributed by atoms with Crippen LogP contribution in [0.5, 0.6) is 0 Å². The highest BCUT2D eigenvalue weighted by molar-refractivity contribution is 8.31. The zero-order valence-electron chi connectivity index (χ0n) is 8.74. The molecule has 13 heavy (non-hydrogen) atoms. The Balaban J connectivity index is 4.18. The lowest BCUT2D eigenvalue weighted by atomic mass is 10.4. The number of guanidine groups is 1. The number of nitrogens with two attached hydrogens (primary N) is 1. The van der Waals surface area contributed by atoms with E-state index in [-0.39, 0.29) is 0 Å². The number of nitrogens with zero attached hydrogens (tertiary/aromatic N) is 3. The Morgan fingerprint density at radius 2 is 2.08 bits per heavy atom. The number of hydrogen-bond donors (Lipinski definition) is 1. The van der Waals surface area contributed by atoms with Crippen LogP contribution in [0.2, 0.25) is 0 Å². The molecule has 76 valence electrons. The molecule has 0 saturated carbocycles. The van der Waals surface area contributed by atoms with Crippen molar-refractivity contribution in [3.05, 3.63) is 0 Å². The zero-order chi connectivity index (χ0) is 10.5. The van der Waals surface area contributed by atoms with Crippen LogP contribution in [0.3, 0.4) is 0 Å². The first-order valence-electron chi connectivity index (χ1n) is 3.98. The predicted octanol–water partition coefficient (Wildman–Crippen LogP) is 0.756. The Bertz CT molecular complexity index is 223. The number of rotatable bonds is 3. The third-order valence-electron chi connectivity index (χ3n) is 1.32. The van der Waals surface area contributed by atoms with Gasteiger partial charge in [-0.15, -0.1) is 0 Å². The molecule has 0 aromatic carbocycles.